The highest BCUT2D eigenvalue weighted by molar-refractivity contribution is 5.82. The molecule has 0 saturated heterocycles. The van der Waals surface area contributed by atoms with Crippen molar-refractivity contribution < 1.29 is 9.53 Å². The molecule has 2 nitrogen and oxygen atoms in total. The SMILES string of the molecule is C/C=C/C=C/C(=O)OCC(C)(C)CC. The highest BCUT2D eigenvalue weighted by Gasteiger charge is 2.16. The topological polar surface area (TPSA) is 26.3 Å². The molecule has 0 aromatic carbocycles. The Hall–Kier alpha value is -1.05. The number of carbonyl (C=O) groups is 1. The molecule has 0 spiro atoms. The Morgan fingerprint density at radius 1 is 1.36 bits per heavy atom. The molecular formula is C12H20O2. The fourth-order valence-electron chi connectivity index (χ4n) is 0.662. The summed E-state index contributed by atoms with van der Waals surface area (Å²) in [4.78, 5) is 11.1. The minimum absolute atomic E-state index is 0.0735. The molecule has 0 heterocycles. The second kappa shape index (κ2) is 6.41. The molecule has 14 heavy (non-hydrogen) atoms. The third kappa shape index (κ3) is 6.46. The van der Waals surface area contributed by atoms with Gasteiger partial charge in [-0.15, -0.1) is 0 Å². The van der Waals surface area contributed by atoms with Crippen molar-refractivity contribution in [1.29, 1.82) is 0 Å². The Bertz CT molecular complexity index is 224. The Morgan fingerprint density at radius 3 is 2.50 bits per heavy atom. The largest absolute Gasteiger partial charge is 0.462 e. The monoisotopic (exact) mass is 196 g/mol. The molecule has 0 aliphatic carbocycles. The number of esters is 1. The summed E-state index contributed by atoms with van der Waals surface area (Å²) in [6, 6.07) is 0. The van der Waals surface area contributed by atoms with Gasteiger partial charge in [0.05, 0.1) is 6.61 Å². The van der Waals surface area contributed by atoms with E-state index in [2.05, 4.69) is 20.8 Å². The summed E-state index contributed by atoms with van der Waals surface area (Å²) >= 11 is 0. The highest BCUT2D eigenvalue weighted by Crippen LogP contribution is 2.19. The highest BCUT2D eigenvalue weighted by atomic mass is 16.5. The number of hydrogen-bond donors (Lipinski definition) is 0. The maximum absolute atomic E-state index is 11.1. The number of hydrogen-bond acceptors (Lipinski definition) is 2. The van der Waals surface area contributed by atoms with E-state index in [9.17, 15) is 4.79 Å². The van der Waals surface area contributed by atoms with Gasteiger partial charge in [0.2, 0.25) is 0 Å². The van der Waals surface area contributed by atoms with Crippen molar-refractivity contribution in [2.45, 2.75) is 34.1 Å². The third-order valence-corrected chi connectivity index (χ3v) is 2.10. The van der Waals surface area contributed by atoms with Crippen LogP contribution in [0.4, 0.5) is 0 Å². The Morgan fingerprint density at radius 2 is 2.00 bits per heavy atom. The predicted octanol–water partition coefficient (Wildman–Crippen LogP) is 3.10. The van der Waals surface area contributed by atoms with Crippen LogP contribution in [0.15, 0.2) is 24.3 Å². The fourth-order valence-corrected chi connectivity index (χ4v) is 0.662. The van der Waals surface area contributed by atoms with Crippen molar-refractivity contribution >= 4 is 5.97 Å². The Labute approximate surface area is 86.6 Å². The number of allylic oxidation sites excluding steroid dienone is 3. The van der Waals surface area contributed by atoms with Crippen LogP contribution in [0.5, 0.6) is 0 Å². The van der Waals surface area contributed by atoms with Crippen LogP contribution in [0.3, 0.4) is 0 Å². The first-order valence-electron chi connectivity index (χ1n) is 4.98. The minimum atomic E-state index is -0.273. The molecule has 0 radical (unpaired) electrons. The van der Waals surface area contributed by atoms with E-state index in [1.807, 2.05) is 13.0 Å². The lowest BCUT2D eigenvalue weighted by atomic mass is 9.92. The third-order valence-electron chi connectivity index (χ3n) is 2.10. The average Bonchev–Trinajstić information content (AvgIpc) is 2.16. The second-order valence-electron chi connectivity index (χ2n) is 4.01. The van der Waals surface area contributed by atoms with Gasteiger partial charge in [-0.3, -0.25) is 0 Å². The van der Waals surface area contributed by atoms with E-state index in [-0.39, 0.29) is 11.4 Å². The second-order valence-corrected chi connectivity index (χ2v) is 4.01. The molecule has 0 saturated carbocycles. The minimum Gasteiger partial charge on any atom is -0.462 e. The lowest BCUT2D eigenvalue weighted by molar-refractivity contribution is -0.140. The molecule has 0 unspecified atom stereocenters. The van der Waals surface area contributed by atoms with Crippen LogP contribution in [-0.4, -0.2) is 12.6 Å². The first-order chi connectivity index (χ1) is 6.52. The summed E-state index contributed by atoms with van der Waals surface area (Å²) in [7, 11) is 0. The van der Waals surface area contributed by atoms with E-state index in [0.29, 0.717) is 6.61 Å². The van der Waals surface area contributed by atoms with E-state index in [1.54, 1.807) is 12.2 Å². The molecule has 0 rings (SSSR count). The maximum Gasteiger partial charge on any atom is 0.330 e. The molecule has 0 N–H and O–H groups in total. The van der Waals surface area contributed by atoms with Gasteiger partial charge in [0.15, 0.2) is 0 Å². The smallest absolute Gasteiger partial charge is 0.330 e. The molecule has 0 amide bonds. The number of ether oxygens (including phenoxy) is 1. The fraction of sp³-hybridized carbons (Fsp3) is 0.583. The van der Waals surface area contributed by atoms with Crippen molar-refractivity contribution in [2.24, 2.45) is 5.41 Å². The van der Waals surface area contributed by atoms with Gasteiger partial charge >= 0.3 is 5.97 Å². The van der Waals surface area contributed by atoms with E-state index in [1.165, 1.54) is 6.08 Å². The van der Waals surface area contributed by atoms with Crippen LogP contribution < -0.4 is 0 Å². The normalized spacial score (nSPS) is 12.6. The summed E-state index contributed by atoms with van der Waals surface area (Å²) in [5.41, 5.74) is 0.0735. The van der Waals surface area contributed by atoms with Crippen molar-refractivity contribution in [1.82, 2.24) is 0 Å². The van der Waals surface area contributed by atoms with Gasteiger partial charge in [0, 0.05) is 6.08 Å². The van der Waals surface area contributed by atoms with Gasteiger partial charge < -0.3 is 4.74 Å². The van der Waals surface area contributed by atoms with Gasteiger partial charge in [-0.2, -0.15) is 0 Å². The van der Waals surface area contributed by atoms with Gasteiger partial charge in [-0.1, -0.05) is 39.0 Å². The van der Waals surface area contributed by atoms with Crippen LogP contribution in [0.1, 0.15) is 34.1 Å². The predicted molar refractivity (Wildman–Crippen MR) is 59.0 cm³/mol. The quantitative estimate of drug-likeness (QED) is 0.383. The molecule has 0 aromatic rings. The molecule has 0 fully saturated rings. The number of carbonyl (C=O) groups excluding carboxylic acids is 1. The van der Waals surface area contributed by atoms with Crippen LogP contribution in [-0.2, 0) is 9.53 Å². The van der Waals surface area contributed by atoms with Gasteiger partial charge in [0.25, 0.3) is 0 Å². The van der Waals surface area contributed by atoms with Gasteiger partial charge in [-0.25, -0.2) is 4.79 Å². The van der Waals surface area contributed by atoms with Crippen molar-refractivity contribution in [3.05, 3.63) is 24.3 Å². The summed E-state index contributed by atoms with van der Waals surface area (Å²) in [5, 5.41) is 0. The maximum atomic E-state index is 11.1. The first kappa shape index (κ1) is 12.9. The molecular weight excluding hydrogens is 176 g/mol. The zero-order valence-corrected chi connectivity index (χ0v) is 9.54. The zero-order valence-electron chi connectivity index (χ0n) is 9.54. The molecule has 0 aliphatic rings. The molecule has 2 heteroatoms. The van der Waals surface area contributed by atoms with Crippen LogP contribution >= 0.6 is 0 Å². The summed E-state index contributed by atoms with van der Waals surface area (Å²) in [6.07, 6.45) is 7.78. The van der Waals surface area contributed by atoms with E-state index >= 15 is 0 Å². The standard InChI is InChI=1S/C12H20O2/c1-5-7-8-9-11(13)14-10-12(3,4)6-2/h5,7-9H,6,10H2,1-4H3/b7-5+,9-8+. The lowest BCUT2D eigenvalue weighted by Crippen LogP contribution is -2.20. The van der Waals surface area contributed by atoms with Crippen LogP contribution in [0.25, 0.3) is 0 Å². The van der Waals surface area contributed by atoms with E-state index in [0.717, 1.165) is 6.42 Å². The summed E-state index contributed by atoms with van der Waals surface area (Å²) in [5.74, 6) is -0.273. The van der Waals surface area contributed by atoms with Crippen LogP contribution in [0, 0.1) is 5.41 Å². The zero-order chi connectivity index (χ0) is 11.0. The summed E-state index contributed by atoms with van der Waals surface area (Å²) < 4.78 is 5.08. The van der Waals surface area contributed by atoms with Gasteiger partial charge in [-0.05, 0) is 18.8 Å². The molecule has 0 aromatic heterocycles. The summed E-state index contributed by atoms with van der Waals surface area (Å²) in [6.45, 7) is 8.62. The van der Waals surface area contributed by atoms with Crippen molar-refractivity contribution in [3.63, 3.8) is 0 Å². The van der Waals surface area contributed by atoms with E-state index in [4.69, 9.17) is 4.74 Å². The molecule has 0 bridgehead atoms. The molecule has 80 valence electrons. The molecule has 0 aliphatic heterocycles. The first-order valence-corrected chi connectivity index (χ1v) is 4.98. The van der Waals surface area contributed by atoms with Crippen molar-refractivity contribution in [2.75, 3.05) is 6.61 Å². The van der Waals surface area contributed by atoms with Gasteiger partial charge in [0.1, 0.15) is 0 Å². The lowest BCUT2D eigenvalue weighted by Gasteiger charge is -2.21. The average molecular weight is 196 g/mol. The van der Waals surface area contributed by atoms with Crippen molar-refractivity contribution in [3.8, 4) is 0 Å². The van der Waals surface area contributed by atoms with Crippen LogP contribution in [0.2, 0.25) is 0 Å². The molecule has 0 atom stereocenters. The van der Waals surface area contributed by atoms with E-state index < -0.39 is 0 Å². The number of rotatable bonds is 5. The Kier molecular flexibility index (Phi) is 5.93. The Balaban J connectivity index is 3.85.